The fourth-order valence-corrected chi connectivity index (χ4v) is 1.74. The highest BCUT2D eigenvalue weighted by Crippen LogP contribution is 2.16. The summed E-state index contributed by atoms with van der Waals surface area (Å²) < 4.78 is 11.1. The summed E-state index contributed by atoms with van der Waals surface area (Å²) in [5.41, 5.74) is 2.93. The third-order valence-electron chi connectivity index (χ3n) is 2.72. The molecular weight excluding hydrogens is 194 g/mol. The predicted molar refractivity (Wildman–Crippen MR) is 55.9 cm³/mol. The molecule has 1 N–H and O–H groups in total. The molecule has 2 aliphatic heterocycles. The van der Waals surface area contributed by atoms with Crippen LogP contribution in [-0.2, 0) is 14.3 Å². The second-order valence-corrected chi connectivity index (χ2v) is 3.97. The normalized spacial score (nSPS) is 31.1. The van der Waals surface area contributed by atoms with Gasteiger partial charge in [-0.15, -0.1) is 0 Å². The number of hydrogen-bond donors (Lipinski definition) is 1. The minimum atomic E-state index is -0.0380. The van der Waals surface area contributed by atoms with Crippen molar-refractivity contribution in [2.24, 2.45) is 0 Å². The number of ether oxygens (including phenoxy) is 2. The van der Waals surface area contributed by atoms with E-state index >= 15 is 0 Å². The second-order valence-electron chi connectivity index (χ2n) is 3.97. The van der Waals surface area contributed by atoms with Crippen LogP contribution in [0.3, 0.4) is 0 Å². The minimum absolute atomic E-state index is 0.0380. The average molecular weight is 213 g/mol. The topological polar surface area (TPSA) is 39.7 Å². The van der Waals surface area contributed by atoms with Crippen LogP contribution in [0.1, 0.15) is 32.6 Å². The van der Waals surface area contributed by atoms with Gasteiger partial charge in [-0.2, -0.15) is 5.48 Å². The van der Waals surface area contributed by atoms with Gasteiger partial charge < -0.3 is 14.3 Å². The van der Waals surface area contributed by atoms with Crippen molar-refractivity contribution in [2.75, 3.05) is 13.2 Å². The Bertz CT molecular complexity index is 224. The molecule has 4 nitrogen and oxygen atoms in total. The first kappa shape index (κ1) is 10.9. The lowest BCUT2D eigenvalue weighted by atomic mass is 10.2. The van der Waals surface area contributed by atoms with Gasteiger partial charge in [-0.25, -0.2) is 0 Å². The molecule has 0 amide bonds. The number of hydroxylamine groups is 1. The van der Waals surface area contributed by atoms with Crippen LogP contribution >= 0.6 is 0 Å². The van der Waals surface area contributed by atoms with Crippen LogP contribution in [0.5, 0.6) is 0 Å². The van der Waals surface area contributed by atoms with E-state index in [1.54, 1.807) is 0 Å². The Kier molecular flexibility index (Phi) is 4.00. The molecule has 1 saturated heterocycles. The Hall–Kier alpha value is -0.580. The Labute approximate surface area is 90.5 Å². The summed E-state index contributed by atoms with van der Waals surface area (Å²) in [6.45, 7) is 3.44. The second kappa shape index (κ2) is 5.49. The summed E-state index contributed by atoms with van der Waals surface area (Å²) >= 11 is 0. The largest absolute Gasteiger partial charge is 0.410 e. The molecule has 86 valence electrons. The molecule has 2 atom stereocenters. The van der Waals surface area contributed by atoms with Crippen LogP contribution in [0, 0.1) is 0 Å². The zero-order valence-corrected chi connectivity index (χ0v) is 9.20. The zero-order valence-electron chi connectivity index (χ0n) is 9.20. The molecule has 0 aromatic heterocycles. The maximum atomic E-state index is 5.60. The zero-order chi connectivity index (χ0) is 10.5. The van der Waals surface area contributed by atoms with Crippen LogP contribution < -0.4 is 5.48 Å². The molecule has 4 heteroatoms. The molecule has 0 bridgehead atoms. The Morgan fingerprint density at radius 3 is 3.13 bits per heavy atom. The van der Waals surface area contributed by atoms with Crippen LogP contribution in [0.4, 0.5) is 0 Å². The van der Waals surface area contributed by atoms with Gasteiger partial charge in [-0.05, 0) is 31.8 Å². The van der Waals surface area contributed by atoms with Crippen LogP contribution in [0.25, 0.3) is 0 Å². The van der Waals surface area contributed by atoms with Crippen LogP contribution in [0.2, 0.25) is 0 Å². The third-order valence-corrected chi connectivity index (χ3v) is 2.72. The van der Waals surface area contributed by atoms with Crippen molar-refractivity contribution in [3.8, 4) is 0 Å². The summed E-state index contributed by atoms with van der Waals surface area (Å²) in [4.78, 5) is 5.28. The van der Waals surface area contributed by atoms with Crippen molar-refractivity contribution < 1.29 is 14.3 Å². The van der Waals surface area contributed by atoms with Gasteiger partial charge in [0.15, 0.2) is 6.29 Å². The first-order chi connectivity index (χ1) is 7.38. The highest BCUT2D eigenvalue weighted by molar-refractivity contribution is 5.03. The Morgan fingerprint density at radius 1 is 1.53 bits per heavy atom. The number of hydrogen-bond acceptors (Lipinski definition) is 4. The van der Waals surface area contributed by atoms with Gasteiger partial charge in [-0.1, -0.05) is 6.92 Å². The van der Waals surface area contributed by atoms with Crippen LogP contribution in [0.15, 0.2) is 11.8 Å². The molecule has 2 rings (SSSR count). The lowest BCUT2D eigenvalue weighted by Crippen LogP contribution is -2.23. The molecule has 0 aromatic carbocycles. The van der Waals surface area contributed by atoms with Gasteiger partial charge in [-0.3, -0.25) is 0 Å². The molecular formula is C11H19NO3. The van der Waals surface area contributed by atoms with Gasteiger partial charge in [0.1, 0.15) is 12.4 Å². The van der Waals surface area contributed by atoms with Gasteiger partial charge in [0.25, 0.3) is 0 Å². The standard InChI is InChI=1S/C11H19NO3/c1-2-9-7-10(15-12-9)8-14-11-5-3-4-6-13-11/h7,9,11-12H,2-6,8H2,1H3. The smallest absolute Gasteiger partial charge is 0.158 e. The number of rotatable bonds is 4. The molecule has 15 heavy (non-hydrogen) atoms. The van der Waals surface area contributed by atoms with E-state index in [4.69, 9.17) is 14.3 Å². The minimum Gasteiger partial charge on any atom is -0.410 e. The van der Waals surface area contributed by atoms with E-state index in [0.717, 1.165) is 31.6 Å². The van der Waals surface area contributed by atoms with Gasteiger partial charge in [0, 0.05) is 6.61 Å². The summed E-state index contributed by atoms with van der Waals surface area (Å²) in [5, 5.41) is 0. The third kappa shape index (κ3) is 3.19. The van der Waals surface area contributed by atoms with Crippen molar-refractivity contribution in [3.05, 3.63) is 11.8 Å². The molecule has 2 unspecified atom stereocenters. The van der Waals surface area contributed by atoms with Crippen molar-refractivity contribution in [1.29, 1.82) is 0 Å². The molecule has 2 aliphatic rings. The molecule has 0 radical (unpaired) electrons. The summed E-state index contributed by atoms with van der Waals surface area (Å²) in [5.74, 6) is 0.871. The fourth-order valence-electron chi connectivity index (χ4n) is 1.74. The van der Waals surface area contributed by atoms with E-state index in [1.807, 2.05) is 0 Å². The molecule has 0 aliphatic carbocycles. The van der Waals surface area contributed by atoms with E-state index < -0.39 is 0 Å². The monoisotopic (exact) mass is 213 g/mol. The highest BCUT2D eigenvalue weighted by Gasteiger charge is 2.18. The summed E-state index contributed by atoms with van der Waals surface area (Å²) in [6.07, 6.45) is 6.41. The first-order valence-corrected chi connectivity index (χ1v) is 5.74. The van der Waals surface area contributed by atoms with Crippen molar-refractivity contribution in [3.63, 3.8) is 0 Å². The van der Waals surface area contributed by atoms with Gasteiger partial charge >= 0.3 is 0 Å². The quantitative estimate of drug-likeness (QED) is 0.772. The molecule has 0 spiro atoms. The summed E-state index contributed by atoms with van der Waals surface area (Å²) in [6, 6.07) is 0.330. The molecule has 1 fully saturated rings. The van der Waals surface area contributed by atoms with Crippen molar-refractivity contribution in [2.45, 2.75) is 44.9 Å². The lowest BCUT2D eigenvalue weighted by molar-refractivity contribution is -0.162. The van der Waals surface area contributed by atoms with E-state index in [1.165, 1.54) is 6.42 Å². The Balaban J connectivity index is 1.69. The summed E-state index contributed by atoms with van der Waals surface area (Å²) in [7, 11) is 0. The fraction of sp³-hybridized carbons (Fsp3) is 0.818. The van der Waals surface area contributed by atoms with E-state index in [9.17, 15) is 0 Å². The number of nitrogens with one attached hydrogen (secondary N) is 1. The average Bonchev–Trinajstić information content (AvgIpc) is 2.76. The SMILES string of the molecule is CCC1C=C(COC2CCCCO2)ON1. The van der Waals surface area contributed by atoms with E-state index in [0.29, 0.717) is 12.6 Å². The molecule has 0 aromatic rings. The van der Waals surface area contributed by atoms with E-state index in [-0.39, 0.29) is 6.29 Å². The maximum absolute atomic E-state index is 5.60. The Morgan fingerprint density at radius 2 is 2.47 bits per heavy atom. The highest BCUT2D eigenvalue weighted by atomic mass is 16.7. The predicted octanol–water partition coefficient (Wildman–Crippen LogP) is 1.73. The van der Waals surface area contributed by atoms with Crippen molar-refractivity contribution >= 4 is 0 Å². The maximum Gasteiger partial charge on any atom is 0.158 e. The van der Waals surface area contributed by atoms with Gasteiger partial charge in [0.05, 0.1) is 6.04 Å². The first-order valence-electron chi connectivity index (χ1n) is 5.74. The molecule has 0 saturated carbocycles. The lowest BCUT2D eigenvalue weighted by Gasteiger charge is -2.22. The molecule has 2 heterocycles. The van der Waals surface area contributed by atoms with E-state index in [2.05, 4.69) is 18.5 Å². The van der Waals surface area contributed by atoms with Crippen LogP contribution in [-0.4, -0.2) is 25.5 Å². The van der Waals surface area contributed by atoms with Gasteiger partial charge in [0.2, 0.25) is 0 Å². The van der Waals surface area contributed by atoms with Crippen molar-refractivity contribution in [1.82, 2.24) is 5.48 Å².